The first-order chi connectivity index (χ1) is 7.40. The summed E-state index contributed by atoms with van der Waals surface area (Å²) in [5.41, 5.74) is 4.01. The molecule has 0 bridgehead atoms. The monoisotopic (exact) mass is 205 g/mol. The molecule has 3 heteroatoms. The molecule has 2 aliphatic heterocycles. The third kappa shape index (κ3) is 1.30. The first-order valence-electron chi connectivity index (χ1n) is 5.48. The number of benzene rings is 1. The summed E-state index contributed by atoms with van der Waals surface area (Å²) in [4.78, 5) is 0. The Morgan fingerprint density at radius 3 is 2.87 bits per heavy atom. The van der Waals surface area contributed by atoms with Crippen LogP contribution in [-0.4, -0.2) is 20.3 Å². The Morgan fingerprint density at radius 1 is 1.20 bits per heavy atom. The summed E-state index contributed by atoms with van der Waals surface area (Å²) in [6.45, 7) is 2.51. The molecule has 0 aliphatic carbocycles. The van der Waals surface area contributed by atoms with Crippen molar-refractivity contribution in [1.29, 1.82) is 0 Å². The quantitative estimate of drug-likeness (QED) is 0.789. The van der Waals surface area contributed by atoms with Gasteiger partial charge in [-0.15, -0.1) is 0 Å². The van der Waals surface area contributed by atoms with E-state index in [1.165, 1.54) is 16.7 Å². The number of hydrogen-bond acceptors (Lipinski definition) is 3. The maximum atomic E-state index is 5.68. The molecule has 0 amide bonds. The fourth-order valence-electron chi connectivity index (χ4n) is 2.43. The molecule has 0 radical (unpaired) electrons. The van der Waals surface area contributed by atoms with Gasteiger partial charge >= 0.3 is 0 Å². The second kappa shape index (κ2) is 3.42. The molecule has 80 valence electrons. The van der Waals surface area contributed by atoms with Crippen molar-refractivity contribution in [1.82, 2.24) is 5.32 Å². The summed E-state index contributed by atoms with van der Waals surface area (Å²) >= 11 is 0. The molecule has 2 heterocycles. The average Bonchev–Trinajstić information content (AvgIpc) is 2.84. The standard InChI is InChI=1S/C12H15NO2/c1-13-7-9-6-8-2-4-14-11(8)12-10(9)3-5-15-12/h6,13H,2-5,7H2,1H3. The SMILES string of the molecule is CNCc1cc2c(c3c1CCO3)OCC2. The second-order valence-electron chi connectivity index (χ2n) is 4.06. The fourth-order valence-corrected chi connectivity index (χ4v) is 2.43. The van der Waals surface area contributed by atoms with Crippen molar-refractivity contribution >= 4 is 0 Å². The van der Waals surface area contributed by atoms with Gasteiger partial charge in [0.1, 0.15) is 0 Å². The van der Waals surface area contributed by atoms with Gasteiger partial charge in [0, 0.05) is 30.5 Å². The number of rotatable bonds is 2. The minimum absolute atomic E-state index is 0.797. The van der Waals surface area contributed by atoms with Gasteiger partial charge in [0.15, 0.2) is 11.5 Å². The van der Waals surface area contributed by atoms with Crippen LogP contribution < -0.4 is 14.8 Å². The van der Waals surface area contributed by atoms with Gasteiger partial charge in [0.05, 0.1) is 13.2 Å². The summed E-state index contributed by atoms with van der Waals surface area (Å²) in [5, 5.41) is 3.21. The van der Waals surface area contributed by atoms with Crippen molar-refractivity contribution < 1.29 is 9.47 Å². The molecule has 0 fully saturated rings. The lowest BCUT2D eigenvalue weighted by Crippen LogP contribution is -2.07. The molecule has 0 atom stereocenters. The number of ether oxygens (including phenoxy) is 2. The molecule has 2 aliphatic rings. The number of hydrogen-bond donors (Lipinski definition) is 1. The van der Waals surface area contributed by atoms with Crippen LogP contribution in [0, 0.1) is 0 Å². The third-order valence-corrected chi connectivity index (χ3v) is 3.09. The zero-order valence-corrected chi connectivity index (χ0v) is 8.93. The van der Waals surface area contributed by atoms with E-state index < -0.39 is 0 Å². The van der Waals surface area contributed by atoms with Crippen molar-refractivity contribution in [2.45, 2.75) is 19.4 Å². The molecule has 3 rings (SSSR count). The van der Waals surface area contributed by atoms with Crippen LogP contribution in [0.1, 0.15) is 16.7 Å². The third-order valence-electron chi connectivity index (χ3n) is 3.09. The van der Waals surface area contributed by atoms with Crippen molar-refractivity contribution in [2.75, 3.05) is 20.3 Å². The lowest BCUT2D eigenvalue weighted by atomic mass is 10.00. The summed E-state index contributed by atoms with van der Waals surface area (Å²) in [6, 6.07) is 2.27. The van der Waals surface area contributed by atoms with E-state index in [1.54, 1.807) is 0 Å². The van der Waals surface area contributed by atoms with E-state index in [0.29, 0.717) is 0 Å². The van der Waals surface area contributed by atoms with Crippen LogP contribution >= 0.6 is 0 Å². The van der Waals surface area contributed by atoms with E-state index in [4.69, 9.17) is 9.47 Å². The molecule has 0 saturated carbocycles. The first kappa shape index (κ1) is 9.04. The molecule has 0 aromatic heterocycles. The van der Waals surface area contributed by atoms with E-state index in [9.17, 15) is 0 Å². The lowest BCUT2D eigenvalue weighted by molar-refractivity contribution is 0.310. The molecule has 1 N–H and O–H groups in total. The lowest BCUT2D eigenvalue weighted by Gasteiger charge is -2.10. The van der Waals surface area contributed by atoms with Gasteiger partial charge in [0.25, 0.3) is 0 Å². The highest BCUT2D eigenvalue weighted by Gasteiger charge is 2.26. The summed E-state index contributed by atoms with van der Waals surface area (Å²) < 4.78 is 11.3. The zero-order chi connectivity index (χ0) is 10.3. The van der Waals surface area contributed by atoms with Gasteiger partial charge in [0.2, 0.25) is 0 Å². The molecule has 15 heavy (non-hydrogen) atoms. The normalized spacial score (nSPS) is 16.9. The van der Waals surface area contributed by atoms with Gasteiger partial charge in [-0.3, -0.25) is 0 Å². The minimum atomic E-state index is 0.797. The van der Waals surface area contributed by atoms with Crippen LogP contribution in [0.15, 0.2) is 6.07 Å². The number of fused-ring (bicyclic) bond motifs is 3. The van der Waals surface area contributed by atoms with Crippen molar-refractivity contribution in [3.63, 3.8) is 0 Å². The van der Waals surface area contributed by atoms with Crippen LogP contribution in [0.5, 0.6) is 11.5 Å². The van der Waals surface area contributed by atoms with Crippen LogP contribution in [0.3, 0.4) is 0 Å². The van der Waals surface area contributed by atoms with E-state index >= 15 is 0 Å². The zero-order valence-electron chi connectivity index (χ0n) is 8.93. The minimum Gasteiger partial charge on any atom is -0.489 e. The molecule has 0 unspecified atom stereocenters. The molecule has 0 spiro atoms. The highest BCUT2D eigenvalue weighted by molar-refractivity contribution is 5.58. The summed E-state index contributed by atoms with van der Waals surface area (Å²) in [5.74, 6) is 2.01. The van der Waals surface area contributed by atoms with Gasteiger partial charge in [-0.2, -0.15) is 0 Å². The van der Waals surface area contributed by atoms with Crippen LogP contribution in [0.2, 0.25) is 0 Å². The van der Waals surface area contributed by atoms with Gasteiger partial charge in [-0.25, -0.2) is 0 Å². The van der Waals surface area contributed by atoms with E-state index in [1.807, 2.05) is 7.05 Å². The average molecular weight is 205 g/mol. The first-order valence-corrected chi connectivity index (χ1v) is 5.48. The molecular formula is C12H15NO2. The Kier molecular flexibility index (Phi) is 2.06. The highest BCUT2D eigenvalue weighted by Crippen LogP contribution is 2.43. The van der Waals surface area contributed by atoms with E-state index in [-0.39, 0.29) is 0 Å². The molecular weight excluding hydrogens is 190 g/mol. The van der Waals surface area contributed by atoms with Gasteiger partial charge in [-0.05, 0) is 12.6 Å². The smallest absolute Gasteiger partial charge is 0.165 e. The van der Waals surface area contributed by atoms with E-state index in [2.05, 4.69) is 11.4 Å². The second-order valence-corrected chi connectivity index (χ2v) is 4.06. The molecule has 0 saturated heterocycles. The van der Waals surface area contributed by atoms with Crippen molar-refractivity contribution in [3.8, 4) is 11.5 Å². The summed E-state index contributed by atoms with van der Waals surface area (Å²) in [6.07, 6.45) is 2.03. The van der Waals surface area contributed by atoms with Crippen molar-refractivity contribution in [2.24, 2.45) is 0 Å². The molecule has 1 aromatic rings. The fraction of sp³-hybridized carbons (Fsp3) is 0.500. The predicted octanol–water partition coefficient (Wildman–Crippen LogP) is 1.28. The maximum Gasteiger partial charge on any atom is 0.165 e. The van der Waals surface area contributed by atoms with Gasteiger partial charge in [-0.1, -0.05) is 6.07 Å². The Hall–Kier alpha value is -1.22. The highest BCUT2D eigenvalue weighted by atomic mass is 16.5. The van der Waals surface area contributed by atoms with E-state index in [0.717, 1.165) is 44.1 Å². The van der Waals surface area contributed by atoms with Crippen LogP contribution in [-0.2, 0) is 19.4 Å². The largest absolute Gasteiger partial charge is 0.489 e. The Balaban J connectivity index is 2.14. The Bertz CT molecular complexity index is 401. The topological polar surface area (TPSA) is 30.5 Å². The molecule has 1 aromatic carbocycles. The van der Waals surface area contributed by atoms with Crippen LogP contribution in [0.25, 0.3) is 0 Å². The number of nitrogens with one attached hydrogen (secondary N) is 1. The van der Waals surface area contributed by atoms with Crippen molar-refractivity contribution in [3.05, 3.63) is 22.8 Å². The Morgan fingerprint density at radius 2 is 2.00 bits per heavy atom. The Labute approximate surface area is 89.4 Å². The summed E-state index contributed by atoms with van der Waals surface area (Å²) in [7, 11) is 1.98. The maximum absolute atomic E-state index is 5.68. The van der Waals surface area contributed by atoms with Gasteiger partial charge < -0.3 is 14.8 Å². The molecule has 3 nitrogen and oxygen atoms in total. The van der Waals surface area contributed by atoms with Crippen LogP contribution in [0.4, 0.5) is 0 Å². The predicted molar refractivity (Wildman–Crippen MR) is 57.6 cm³/mol.